The maximum atomic E-state index is 13.7. The number of nitrogens with two attached hydrogens (primary N) is 2. The lowest BCUT2D eigenvalue weighted by Crippen LogP contribution is -2.67. The summed E-state index contributed by atoms with van der Waals surface area (Å²) in [5.74, 6) is -53.4. The summed E-state index contributed by atoms with van der Waals surface area (Å²) in [6.07, 6.45) is -46.1. The molecule has 0 aromatic carbocycles. The number of primary amides is 2. The van der Waals surface area contributed by atoms with Crippen molar-refractivity contribution in [1.29, 1.82) is 0 Å². The van der Waals surface area contributed by atoms with Gasteiger partial charge in [0.2, 0.25) is 11.8 Å². The third-order valence-corrected chi connectivity index (χ3v) is 5.88. The van der Waals surface area contributed by atoms with Crippen molar-refractivity contribution in [3.63, 3.8) is 0 Å². The summed E-state index contributed by atoms with van der Waals surface area (Å²) < 4.78 is 340. The molecule has 0 spiro atoms. The van der Waals surface area contributed by atoms with Gasteiger partial charge in [0.1, 0.15) is 0 Å². The number of carbonyl (C=O) groups excluding carboxylic acids is 4. The maximum absolute atomic E-state index is 13.7. The van der Waals surface area contributed by atoms with Crippen molar-refractivity contribution in [1.82, 2.24) is 16.0 Å². The van der Waals surface area contributed by atoms with Crippen LogP contribution in [0.5, 0.6) is 0 Å². The normalized spacial score (nSPS) is 14.6. The van der Waals surface area contributed by atoms with Crippen molar-refractivity contribution in [2.24, 2.45) is 11.5 Å². The molecule has 0 fully saturated rings. The Hall–Kier alpha value is -4.06. The first-order chi connectivity index (χ1) is 25.6. The van der Waals surface area contributed by atoms with Crippen LogP contribution >= 0.6 is 0 Å². The van der Waals surface area contributed by atoms with Gasteiger partial charge in [-0.2, -0.15) is 114 Å². The van der Waals surface area contributed by atoms with Crippen LogP contribution in [-0.2, 0) is 28.7 Å². The third-order valence-electron chi connectivity index (χ3n) is 5.88. The van der Waals surface area contributed by atoms with Crippen molar-refractivity contribution in [3.8, 4) is 0 Å². The smallest absolute Gasteiger partial charge is 0.370 e. The molecule has 0 unspecified atom stereocenters. The number of ether oxygens (including phenoxy) is 2. The standard InChI is InChI=1S/C18H11F26N3O4.C4H8N2O2/c19-7(20,9(23,24)17(41,42)50-11(27,13(29,30)31)14(32,33)34)5(48)46-3-1-45-2-4-47-6(49)8(21,22)10(25,26)18(43,44)51-12(28,15(35,36)37)16(38,39)40;5-3(7)1-2-4(6)8/h45H,1-4H2,(H,46,48)(H,47,49);1-2H2,(H2,5,7)(H2,6,8). The van der Waals surface area contributed by atoms with Gasteiger partial charge in [-0.25, -0.2) is 0 Å². The lowest BCUT2D eigenvalue weighted by atomic mass is 10.1. The summed E-state index contributed by atoms with van der Waals surface area (Å²) in [6.45, 7) is -5.66. The van der Waals surface area contributed by atoms with Crippen LogP contribution in [0.25, 0.3) is 0 Å². The second-order valence-electron chi connectivity index (χ2n) is 10.4. The van der Waals surface area contributed by atoms with E-state index in [1.807, 2.05) is 0 Å². The second-order valence-corrected chi connectivity index (χ2v) is 10.4. The number of hydrogen-bond donors (Lipinski definition) is 5. The molecule has 0 atom stereocenters. The lowest BCUT2D eigenvalue weighted by molar-refractivity contribution is -0.512. The van der Waals surface area contributed by atoms with E-state index in [9.17, 15) is 133 Å². The molecule has 0 radical (unpaired) electrons. The van der Waals surface area contributed by atoms with Crippen molar-refractivity contribution >= 4 is 23.6 Å². The van der Waals surface area contributed by atoms with E-state index in [1.165, 1.54) is 9.47 Å². The number of carbonyl (C=O) groups is 4. The van der Waals surface area contributed by atoms with E-state index in [0.717, 1.165) is 0 Å². The Bertz CT molecular complexity index is 1330. The number of rotatable bonds is 19. The Morgan fingerprint density at radius 2 is 0.610 bits per heavy atom. The SMILES string of the molecule is NC(=O)CCC(N)=O.O=C(NCCNCCNC(=O)C(F)(F)C(F)(F)C(F)(F)OC(F)(C(F)(F)F)C(F)(F)F)C(F)(F)C(F)(F)C(F)(F)OC(F)(C(F)(F)F)C(F)(F)F. The van der Waals surface area contributed by atoms with Gasteiger partial charge in [-0.1, -0.05) is 0 Å². The Balaban J connectivity index is 0. The fraction of sp³-hybridized carbons (Fsp3) is 0.818. The molecule has 7 N–H and O–H groups in total. The topological polar surface area (TPSA) is 175 Å². The zero-order valence-electron chi connectivity index (χ0n) is 27.2. The first-order valence-electron chi connectivity index (χ1n) is 13.7. The van der Waals surface area contributed by atoms with E-state index in [-0.39, 0.29) is 12.8 Å². The molecule has 0 heterocycles. The molecule has 11 nitrogen and oxygen atoms in total. The van der Waals surface area contributed by atoms with Crippen LogP contribution in [0.2, 0.25) is 0 Å². The van der Waals surface area contributed by atoms with Crippen LogP contribution in [0, 0.1) is 0 Å². The highest BCUT2D eigenvalue weighted by Gasteiger charge is 2.85. The Labute approximate surface area is 306 Å². The summed E-state index contributed by atoms with van der Waals surface area (Å²) in [4.78, 5) is 42.3. The summed E-state index contributed by atoms with van der Waals surface area (Å²) in [5.41, 5.74) is 9.39. The minimum atomic E-state index is -7.79. The summed E-state index contributed by atoms with van der Waals surface area (Å²) in [6, 6.07) is 0. The van der Waals surface area contributed by atoms with Gasteiger partial charge in [0.25, 0.3) is 11.8 Å². The van der Waals surface area contributed by atoms with Crippen LogP contribution in [0.4, 0.5) is 114 Å². The molecule has 0 bridgehead atoms. The molecule has 350 valence electrons. The quantitative estimate of drug-likeness (QED) is 0.0907. The number of halogens is 26. The zero-order valence-corrected chi connectivity index (χ0v) is 27.2. The molecule has 59 heavy (non-hydrogen) atoms. The molecule has 0 saturated carbocycles. The minimum Gasteiger partial charge on any atom is -0.370 e. The number of amides is 4. The molecule has 0 aromatic rings. The van der Waals surface area contributed by atoms with E-state index in [2.05, 4.69) is 0 Å². The monoisotopic (exact) mass is 943 g/mol. The van der Waals surface area contributed by atoms with Gasteiger partial charge in [0, 0.05) is 39.0 Å². The second kappa shape index (κ2) is 18.3. The molecule has 0 aliphatic carbocycles. The molecule has 0 saturated heterocycles. The van der Waals surface area contributed by atoms with E-state index >= 15 is 0 Å². The fourth-order valence-electron chi connectivity index (χ4n) is 2.81. The van der Waals surface area contributed by atoms with Gasteiger partial charge in [-0.05, 0) is 0 Å². The predicted octanol–water partition coefficient (Wildman–Crippen LogP) is 4.89. The van der Waals surface area contributed by atoms with Crippen molar-refractivity contribution < 1.29 is 143 Å². The van der Waals surface area contributed by atoms with E-state index in [4.69, 9.17) is 11.5 Å². The maximum Gasteiger partial charge on any atom is 0.458 e. The van der Waals surface area contributed by atoms with E-state index in [0.29, 0.717) is 10.6 Å². The van der Waals surface area contributed by atoms with Crippen molar-refractivity contribution in [3.05, 3.63) is 0 Å². The average molecular weight is 943 g/mol. The molecule has 0 aromatic heterocycles. The van der Waals surface area contributed by atoms with Crippen molar-refractivity contribution in [2.45, 2.75) is 85.2 Å². The minimum absolute atomic E-state index is 0.0509. The third kappa shape index (κ3) is 12.7. The van der Waals surface area contributed by atoms with Crippen LogP contribution in [0.3, 0.4) is 0 Å². The summed E-state index contributed by atoms with van der Waals surface area (Å²) in [7, 11) is 0. The van der Waals surface area contributed by atoms with Crippen LogP contribution < -0.4 is 27.4 Å². The summed E-state index contributed by atoms with van der Waals surface area (Å²) >= 11 is 0. The molecule has 4 amide bonds. The van der Waals surface area contributed by atoms with Crippen LogP contribution in [0.15, 0.2) is 0 Å². The van der Waals surface area contributed by atoms with Gasteiger partial charge in [-0.15, -0.1) is 0 Å². The highest BCUT2D eigenvalue weighted by atomic mass is 19.4. The van der Waals surface area contributed by atoms with E-state index < -0.39 is 122 Å². The average Bonchev–Trinajstić information content (AvgIpc) is 3.00. The highest BCUT2D eigenvalue weighted by Crippen LogP contribution is 2.56. The van der Waals surface area contributed by atoms with Crippen LogP contribution in [0.1, 0.15) is 12.8 Å². The highest BCUT2D eigenvalue weighted by molar-refractivity contribution is 5.85. The summed E-state index contributed by atoms with van der Waals surface area (Å²) in [5, 5.41) is 2.77. The van der Waals surface area contributed by atoms with E-state index in [1.54, 1.807) is 5.32 Å². The Morgan fingerprint density at radius 1 is 0.390 bits per heavy atom. The first kappa shape index (κ1) is 57.0. The molecule has 0 aliphatic heterocycles. The number of alkyl halides is 26. The molecule has 37 heteroatoms. The van der Waals surface area contributed by atoms with Gasteiger partial charge in [0.15, 0.2) is 0 Å². The Kier molecular flexibility index (Phi) is 17.7. The van der Waals surface area contributed by atoms with Gasteiger partial charge < -0.3 is 27.4 Å². The molecule has 0 rings (SSSR count). The zero-order chi connectivity index (χ0) is 48.1. The van der Waals surface area contributed by atoms with Crippen molar-refractivity contribution in [2.75, 3.05) is 26.2 Å². The van der Waals surface area contributed by atoms with Gasteiger partial charge in [-0.3, -0.25) is 28.7 Å². The van der Waals surface area contributed by atoms with Gasteiger partial charge >= 0.3 is 72.3 Å². The Morgan fingerprint density at radius 3 is 0.797 bits per heavy atom. The number of nitrogens with one attached hydrogen (secondary N) is 3. The largest absolute Gasteiger partial charge is 0.458 e. The predicted molar refractivity (Wildman–Crippen MR) is 130 cm³/mol. The molecular weight excluding hydrogens is 924 g/mol. The lowest BCUT2D eigenvalue weighted by Gasteiger charge is -2.37. The molecule has 0 aliphatic rings. The fourth-order valence-corrected chi connectivity index (χ4v) is 2.81. The number of hydrogen-bond acceptors (Lipinski definition) is 7. The first-order valence-corrected chi connectivity index (χ1v) is 13.7. The van der Waals surface area contributed by atoms with Gasteiger partial charge in [0.05, 0.1) is 0 Å². The van der Waals surface area contributed by atoms with Crippen LogP contribution in [-0.4, -0.2) is 122 Å². The molecular formula is C22H19F26N5O6.